The van der Waals surface area contributed by atoms with Crippen LogP contribution in [0.3, 0.4) is 0 Å². The van der Waals surface area contributed by atoms with E-state index in [4.69, 9.17) is 4.98 Å². The zero-order valence-electron chi connectivity index (χ0n) is 13.0. The topological polar surface area (TPSA) is 69.2 Å². The van der Waals surface area contributed by atoms with Gasteiger partial charge in [0.1, 0.15) is 5.82 Å². The molecule has 4 aromatic rings. The fourth-order valence-corrected chi connectivity index (χ4v) is 3.23. The molecule has 0 saturated carbocycles. The molecule has 0 aromatic carbocycles. The first-order valence-electron chi connectivity index (χ1n) is 7.51. The van der Waals surface area contributed by atoms with Gasteiger partial charge < -0.3 is 10.5 Å². The van der Waals surface area contributed by atoms with E-state index in [1.54, 1.807) is 34.3 Å². The van der Waals surface area contributed by atoms with Crippen molar-refractivity contribution in [2.75, 3.05) is 5.32 Å². The lowest BCUT2D eigenvalue weighted by molar-refractivity contribution is -0.605. The van der Waals surface area contributed by atoms with Crippen LogP contribution in [0.5, 0.6) is 0 Å². The molecule has 1 N–H and O–H groups in total. The average Bonchev–Trinajstić information content (AvgIpc) is 3.23. The third-order valence-electron chi connectivity index (χ3n) is 3.73. The van der Waals surface area contributed by atoms with Gasteiger partial charge in [0.15, 0.2) is 18.0 Å². The number of thiophene rings is 1. The van der Waals surface area contributed by atoms with Gasteiger partial charge in [-0.1, -0.05) is 6.07 Å². The van der Waals surface area contributed by atoms with E-state index >= 15 is 0 Å². The molecular weight excluding hydrogens is 322 g/mol. The Morgan fingerprint density at radius 3 is 3.04 bits per heavy atom. The molecule has 120 valence electrons. The van der Waals surface area contributed by atoms with Crippen LogP contribution in [0.15, 0.2) is 54.3 Å². The lowest BCUT2D eigenvalue weighted by atomic mass is 10.2. The molecule has 4 aromatic heterocycles. The van der Waals surface area contributed by atoms with Gasteiger partial charge in [-0.15, -0.1) is 11.3 Å². The summed E-state index contributed by atoms with van der Waals surface area (Å²) in [4.78, 5) is 5.83. The molecule has 0 atom stereocenters. The Hall–Kier alpha value is -2.93. The van der Waals surface area contributed by atoms with E-state index in [0.29, 0.717) is 6.54 Å². The van der Waals surface area contributed by atoms with Crippen molar-refractivity contribution >= 4 is 22.8 Å². The van der Waals surface area contributed by atoms with Crippen LogP contribution in [0.2, 0.25) is 0 Å². The summed E-state index contributed by atoms with van der Waals surface area (Å²) in [6.07, 6.45) is 4.83. The zero-order chi connectivity index (χ0) is 16.5. The minimum atomic E-state index is 0.533. The number of rotatable bonds is 4. The summed E-state index contributed by atoms with van der Waals surface area (Å²) in [6.45, 7) is 2.53. The van der Waals surface area contributed by atoms with Crippen molar-refractivity contribution in [2.24, 2.45) is 0 Å². The minimum Gasteiger partial charge on any atom is -0.619 e. The number of hydrogen-bond donors (Lipinski definition) is 1. The molecule has 4 rings (SSSR count). The molecule has 0 aliphatic carbocycles. The minimum absolute atomic E-state index is 0.533. The fourth-order valence-electron chi connectivity index (χ4n) is 2.55. The van der Waals surface area contributed by atoms with Crippen molar-refractivity contribution in [1.82, 2.24) is 14.6 Å². The van der Waals surface area contributed by atoms with Gasteiger partial charge in [0.25, 0.3) is 0 Å². The maximum Gasteiger partial charge on any atom is 0.185 e. The van der Waals surface area contributed by atoms with Crippen molar-refractivity contribution in [2.45, 2.75) is 13.5 Å². The van der Waals surface area contributed by atoms with Crippen molar-refractivity contribution in [3.05, 3.63) is 70.6 Å². The standard InChI is InChI=1S/C17H15N5OS/c1-12-9-19-22-16(18-10-13-4-2-6-21(23)11-13)8-14(20-17(12)22)15-5-3-7-24-15/h2-9,11,18H,10H2,1H3. The Balaban J connectivity index is 1.73. The number of aromatic nitrogens is 4. The Bertz CT molecular complexity index is 994. The van der Waals surface area contributed by atoms with E-state index in [9.17, 15) is 5.21 Å². The summed E-state index contributed by atoms with van der Waals surface area (Å²) in [5.74, 6) is 0.845. The predicted octanol–water partition coefficient (Wildman–Crippen LogP) is 3.01. The van der Waals surface area contributed by atoms with Crippen LogP contribution in [0, 0.1) is 12.1 Å². The summed E-state index contributed by atoms with van der Waals surface area (Å²) in [5.41, 5.74) is 3.67. The molecule has 7 heteroatoms. The van der Waals surface area contributed by atoms with E-state index in [-0.39, 0.29) is 0 Å². The highest BCUT2D eigenvalue weighted by Gasteiger charge is 2.11. The second kappa shape index (κ2) is 5.93. The molecule has 0 unspecified atom stereocenters. The summed E-state index contributed by atoms with van der Waals surface area (Å²) in [5, 5.41) is 21.2. The van der Waals surface area contributed by atoms with Crippen molar-refractivity contribution < 1.29 is 4.73 Å². The average molecular weight is 337 g/mol. The maximum absolute atomic E-state index is 11.4. The predicted molar refractivity (Wildman–Crippen MR) is 93.8 cm³/mol. The summed E-state index contributed by atoms with van der Waals surface area (Å²) in [7, 11) is 0. The number of anilines is 1. The molecule has 0 amide bonds. The first-order valence-corrected chi connectivity index (χ1v) is 8.39. The van der Waals surface area contributed by atoms with E-state index in [1.165, 1.54) is 6.20 Å². The van der Waals surface area contributed by atoms with Crippen LogP contribution < -0.4 is 10.0 Å². The monoisotopic (exact) mass is 337 g/mol. The fraction of sp³-hybridized carbons (Fsp3) is 0.118. The summed E-state index contributed by atoms with van der Waals surface area (Å²) in [6, 6.07) is 9.70. The van der Waals surface area contributed by atoms with Crippen molar-refractivity contribution in [1.29, 1.82) is 0 Å². The van der Waals surface area contributed by atoms with Gasteiger partial charge in [0.05, 0.1) is 16.8 Å². The van der Waals surface area contributed by atoms with Crippen molar-refractivity contribution in [3.8, 4) is 10.6 Å². The summed E-state index contributed by atoms with van der Waals surface area (Å²) >= 11 is 1.65. The van der Waals surface area contributed by atoms with Crippen LogP contribution in [-0.2, 0) is 6.54 Å². The molecule has 4 heterocycles. The molecule has 0 bridgehead atoms. The van der Waals surface area contributed by atoms with Gasteiger partial charge in [0.2, 0.25) is 0 Å². The Morgan fingerprint density at radius 1 is 1.33 bits per heavy atom. The molecule has 0 spiro atoms. The van der Waals surface area contributed by atoms with Gasteiger partial charge >= 0.3 is 0 Å². The number of fused-ring (bicyclic) bond motifs is 1. The SMILES string of the molecule is Cc1cnn2c(NCc3ccc[n+]([O-])c3)cc(-c3cccs3)nc12. The Morgan fingerprint density at radius 2 is 2.25 bits per heavy atom. The molecule has 0 radical (unpaired) electrons. The molecule has 0 aliphatic heterocycles. The first-order chi connectivity index (χ1) is 11.7. The number of aryl methyl sites for hydroxylation is 1. The second-order valence-electron chi connectivity index (χ2n) is 5.49. The van der Waals surface area contributed by atoms with Crippen LogP contribution in [0.25, 0.3) is 16.2 Å². The number of pyridine rings is 1. The highest BCUT2D eigenvalue weighted by Crippen LogP contribution is 2.27. The number of nitrogens with zero attached hydrogens (tertiary/aromatic N) is 4. The van der Waals surface area contributed by atoms with E-state index in [0.717, 1.165) is 37.9 Å². The number of nitrogens with one attached hydrogen (secondary N) is 1. The van der Waals surface area contributed by atoms with Crippen molar-refractivity contribution in [3.63, 3.8) is 0 Å². The normalized spacial score (nSPS) is 11.0. The Kier molecular flexibility index (Phi) is 3.62. The Labute approximate surface area is 142 Å². The van der Waals surface area contributed by atoms with Gasteiger partial charge in [-0.3, -0.25) is 0 Å². The van der Waals surface area contributed by atoms with Crippen LogP contribution >= 0.6 is 11.3 Å². The largest absolute Gasteiger partial charge is 0.619 e. The molecule has 24 heavy (non-hydrogen) atoms. The third-order valence-corrected chi connectivity index (χ3v) is 4.62. The highest BCUT2D eigenvalue weighted by molar-refractivity contribution is 7.13. The smallest absolute Gasteiger partial charge is 0.185 e. The molecule has 0 saturated heterocycles. The summed E-state index contributed by atoms with van der Waals surface area (Å²) < 4.78 is 2.59. The highest BCUT2D eigenvalue weighted by atomic mass is 32.1. The van der Waals surface area contributed by atoms with E-state index < -0.39 is 0 Å². The molecular formula is C17H15N5OS. The van der Waals surface area contributed by atoms with Crippen LogP contribution in [0.1, 0.15) is 11.1 Å². The lowest BCUT2D eigenvalue weighted by Gasteiger charge is -2.10. The van der Waals surface area contributed by atoms with E-state index in [1.807, 2.05) is 30.5 Å². The lowest BCUT2D eigenvalue weighted by Crippen LogP contribution is -2.25. The third kappa shape index (κ3) is 2.69. The first kappa shape index (κ1) is 14.6. The maximum atomic E-state index is 11.4. The zero-order valence-corrected chi connectivity index (χ0v) is 13.8. The molecule has 6 nitrogen and oxygen atoms in total. The number of hydrogen-bond acceptors (Lipinski definition) is 5. The van der Waals surface area contributed by atoms with Crippen LogP contribution in [0.4, 0.5) is 5.82 Å². The van der Waals surface area contributed by atoms with Gasteiger partial charge in [-0.2, -0.15) is 14.3 Å². The van der Waals surface area contributed by atoms with Crippen LogP contribution in [-0.4, -0.2) is 14.6 Å². The quantitative estimate of drug-likeness (QED) is 0.459. The molecule has 0 fully saturated rings. The molecule has 0 aliphatic rings. The van der Waals surface area contributed by atoms with Gasteiger partial charge in [-0.25, -0.2) is 4.98 Å². The second-order valence-corrected chi connectivity index (χ2v) is 6.44. The van der Waals surface area contributed by atoms with Gasteiger partial charge in [-0.05, 0) is 24.4 Å². The van der Waals surface area contributed by atoms with E-state index in [2.05, 4.69) is 16.5 Å². The van der Waals surface area contributed by atoms with Gasteiger partial charge in [0, 0.05) is 29.8 Å².